The first-order chi connectivity index (χ1) is 34.8. The lowest BCUT2D eigenvalue weighted by atomic mass is 9.76. The van der Waals surface area contributed by atoms with Crippen LogP contribution in [0.2, 0.25) is 0 Å². The maximum atomic E-state index is 2.49. The monoisotopic (exact) mass is 947 g/mol. The van der Waals surface area contributed by atoms with Crippen molar-refractivity contribution in [2.75, 3.05) is 0 Å². The highest BCUT2D eigenvalue weighted by atomic mass is 14.3. The van der Waals surface area contributed by atoms with E-state index in [1.165, 1.54) is 89.0 Å². The van der Waals surface area contributed by atoms with Crippen molar-refractivity contribution >= 4 is 0 Å². The summed E-state index contributed by atoms with van der Waals surface area (Å²) in [6.07, 6.45) is 8.49. The Morgan fingerprint density at radius 3 is 0.806 bits per heavy atom. The van der Waals surface area contributed by atoms with Gasteiger partial charge in [-0.2, -0.15) is 0 Å². The van der Waals surface area contributed by atoms with Crippen molar-refractivity contribution in [1.82, 2.24) is 0 Å². The lowest BCUT2D eigenvalue weighted by Gasteiger charge is -2.28. The molecule has 7 atom stereocenters. The maximum absolute atomic E-state index is 2.49. The van der Waals surface area contributed by atoms with Crippen molar-refractivity contribution in [2.24, 2.45) is 0 Å². The molecular weight excluding hydrogens is 865 g/mol. The summed E-state index contributed by atoms with van der Waals surface area (Å²) in [6, 6.07) is 75.5. The molecule has 0 aliphatic heterocycles. The van der Waals surface area contributed by atoms with Crippen molar-refractivity contribution in [3.8, 4) is 0 Å². The highest BCUT2D eigenvalue weighted by Gasteiger charge is 2.25. The summed E-state index contributed by atoms with van der Waals surface area (Å²) in [4.78, 5) is 0. The molecule has 0 amide bonds. The highest BCUT2D eigenvalue weighted by Crippen LogP contribution is 2.40. The van der Waals surface area contributed by atoms with Crippen molar-refractivity contribution < 1.29 is 0 Å². The molecule has 0 nitrogen and oxygen atoms in total. The van der Waals surface area contributed by atoms with Crippen LogP contribution in [-0.2, 0) is 32.1 Å². The first kappa shape index (κ1) is 52.1. The second kappa shape index (κ2) is 24.9. The molecule has 8 rings (SSSR count). The van der Waals surface area contributed by atoms with Gasteiger partial charge in [0.15, 0.2) is 0 Å². The lowest BCUT2D eigenvalue weighted by molar-refractivity contribution is 0.472. The van der Waals surface area contributed by atoms with E-state index in [1.807, 2.05) is 0 Å². The molecule has 0 saturated heterocycles. The standard InChI is InChI=1S/C72H82/c1-10-58-19-21-61(22-20-58)48-72(49-71(46-57(9)66-35-17-53(5)18-36-66)68-39-25-60(26-40-68)44-55(7)64-31-13-51(3)14-32-64)69-41-27-62(28-42-69)47-70(45-56(8)65-33-15-52(4)16-34-65)67-37-23-59(24-38-67)43-54(6)63-29-11-50(2)12-30-63/h11-42,54-57,70-72H,10,43-49H2,1-9H3. The summed E-state index contributed by atoms with van der Waals surface area (Å²) in [5, 5.41) is 0. The van der Waals surface area contributed by atoms with Crippen LogP contribution in [0.15, 0.2) is 194 Å². The largest absolute Gasteiger partial charge is 0.0613 e. The fourth-order valence-electron chi connectivity index (χ4n) is 11.3. The van der Waals surface area contributed by atoms with Crippen LogP contribution in [0.4, 0.5) is 0 Å². The number of aryl methyl sites for hydroxylation is 5. The molecule has 0 heterocycles. The van der Waals surface area contributed by atoms with Gasteiger partial charge in [-0.3, -0.25) is 0 Å². The zero-order chi connectivity index (χ0) is 50.6. The Bertz CT molecular complexity index is 2850. The van der Waals surface area contributed by atoms with Crippen molar-refractivity contribution in [2.45, 2.75) is 155 Å². The van der Waals surface area contributed by atoms with Gasteiger partial charge in [0.25, 0.3) is 0 Å². The Hall–Kier alpha value is -6.24. The fourth-order valence-corrected chi connectivity index (χ4v) is 11.3. The average molecular weight is 947 g/mol. The molecule has 8 aromatic rings. The molecule has 7 unspecified atom stereocenters. The predicted octanol–water partition coefficient (Wildman–Crippen LogP) is 19.4. The van der Waals surface area contributed by atoms with Crippen LogP contribution in [0.5, 0.6) is 0 Å². The van der Waals surface area contributed by atoms with Gasteiger partial charge in [-0.05, 0) is 187 Å². The van der Waals surface area contributed by atoms with Crippen LogP contribution in [0.3, 0.4) is 0 Å². The number of rotatable bonds is 22. The first-order valence-corrected chi connectivity index (χ1v) is 27.5. The molecule has 0 aromatic heterocycles. The molecule has 72 heavy (non-hydrogen) atoms. The van der Waals surface area contributed by atoms with E-state index in [0.29, 0.717) is 41.4 Å². The topological polar surface area (TPSA) is 0 Å². The van der Waals surface area contributed by atoms with E-state index in [0.717, 1.165) is 51.4 Å². The Labute approximate surface area is 436 Å². The molecule has 0 aliphatic carbocycles. The summed E-state index contributed by atoms with van der Waals surface area (Å²) in [7, 11) is 0. The van der Waals surface area contributed by atoms with Crippen LogP contribution >= 0.6 is 0 Å². The summed E-state index contributed by atoms with van der Waals surface area (Å²) < 4.78 is 0. The van der Waals surface area contributed by atoms with Gasteiger partial charge < -0.3 is 0 Å². The van der Waals surface area contributed by atoms with Gasteiger partial charge in [0.05, 0.1) is 0 Å². The molecule has 370 valence electrons. The third kappa shape index (κ3) is 14.5. The molecule has 0 spiro atoms. The zero-order valence-electron chi connectivity index (χ0n) is 45.2. The lowest BCUT2D eigenvalue weighted by Crippen LogP contribution is -2.13. The predicted molar refractivity (Wildman–Crippen MR) is 310 cm³/mol. The van der Waals surface area contributed by atoms with E-state index in [-0.39, 0.29) is 0 Å². The van der Waals surface area contributed by atoms with Crippen molar-refractivity contribution in [3.63, 3.8) is 0 Å². The van der Waals surface area contributed by atoms with Crippen molar-refractivity contribution in [3.05, 3.63) is 283 Å². The highest BCUT2D eigenvalue weighted by molar-refractivity contribution is 5.37. The molecule has 0 aliphatic rings. The van der Waals surface area contributed by atoms with Crippen LogP contribution < -0.4 is 0 Å². The van der Waals surface area contributed by atoms with Crippen molar-refractivity contribution in [1.29, 1.82) is 0 Å². The Morgan fingerprint density at radius 1 is 0.236 bits per heavy atom. The summed E-state index contributed by atoms with van der Waals surface area (Å²) in [5.41, 5.74) is 22.4. The van der Waals surface area contributed by atoms with Gasteiger partial charge in [-0.15, -0.1) is 0 Å². The van der Waals surface area contributed by atoms with Crippen LogP contribution in [0, 0.1) is 27.7 Å². The molecule has 0 radical (unpaired) electrons. The number of benzene rings is 8. The zero-order valence-corrected chi connectivity index (χ0v) is 45.2. The number of hydrogen-bond acceptors (Lipinski definition) is 0. The van der Waals surface area contributed by atoms with E-state index in [9.17, 15) is 0 Å². The van der Waals surface area contributed by atoms with Crippen LogP contribution in [0.25, 0.3) is 0 Å². The van der Waals surface area contributed by atoms with E-state index in [2.05, 4.69) is 256 Å². The Balaban J connectivity index is 1.07. The summed E-state index contributed by atoms with van der Waals surface area (Å²) in [5.74, 6) is 3.01. The Morgan fingerprint density at radius 2 is 0.472 bits per heavy atom. The third-order valence-electron chi connectivity index (χ3n) is 16.3. The second-order valence-electron chi connectivity index (χ2n) is 22.3. The minimum absolute atomic E-state index is 0.371. The number of hydrogen-bond donors (Lipinski definition) is 0. The third-order valence-corrected chi connectivity index (χ3v) is 16.3. The Kier molecular flexibility index (Phi) is 18.0. The molecule has 0 N–H and O–H groups in total. The van der Waals surface area contributed by atoms with Gasteiger partial charge in [-0.25, -0.2) is 0 Å². The van der Waals surface area contributed by atoms with Crippen LogP contribution in [-0.4, -0.2) is 0 Å². The minimum atomic E-state index is 0.371. The molecule has 0 heteroatoms. The fraction of sp³-hybridized carbons (Fsp3) is 0.333. The maximum Gasteiger partial charge on any atom is -0.0116 e. The van der Waals surface area contributed by atoms with Crippen LogP contribution in [0.1, 0.15) is 184 Å². The van der Waals surface area contributed by atoms with E-state index < -0.39 is 0 Å². The van der Waals surface area contributed by atoms with Gasteiger partial charge in [0, 0.05) is 0 Å². The molecule has 8 aromatic carbocycles. The smallest absolute Gasteiger partial charge is 0.0116 e. The molecular formula is C72H82. The van der Waals surface area contributed by atoms with E-state index in [4.69, 9.17) is 0 Å². The first-order valence-electron chi connectivity index (χ1n) is 27.5. The SMILES string of the molecule is CCc1ccc(CC(CC(CC(C)c2ccc(C)cc2)c2ccc(CC(C)c3ccc(C)cc3)cc2)c2ccc(CC(CC(C)c3ccc(C)cc3)c3ccc(CC(C)c4ccc(C)cc4)cc3)cc2)cc1. The molecule has 0 bridgehead atoms. The van der Waals surface area contributed by atoms with Gasteiger partial charge in [0.2, 0.25) is 0 Å². The van der Waals surface area contributed by atoms with Gasteiger partial charge in [-0.1, -0.05) is 251 Å². The molecule has 0 saturated carbocycles. The van der Waals surface area contributed by atoms with Gasteiger partial charge in [0.1, 0.15) is 0 Å². The van der Waals surface area contributed by atoms with E-state index >= 15 is 0 Å². The normalized spacial score (nSPS) is 14.5. The second-order valence-corrected chi connectivity index (χ2v) is 22.3. The summed E-state index contributed by atoms with van der Waals surface area (Å²) in [6.45, 7) is 20.6. The minimum Gasteiger partial charge on any atom is -0.0613 e. The average Bonchev–Trinajstić information content (AvgIpc) is 3.39. The molecule has 0 fully saturated rings. The van der Waals surface area contributed by atoms with E-state index in [1.54, 1.807) is 0 Å². The summed E-state index contributed by atoms with van der Waals surface area (Å²) >= 11 is 0. The van der Waals surface area contributed by atoms with Gasteiger partial charge >= 0.3 is 0 Å². The quantitative estimate of drug-likeness (QED) is 0.0635.